The quantitative estimate of drug-likeness (QED) is 0.696. The molecular formula is C22H28N2O2S. The van der Waals surface area contributed by atoms with Crippen LogP contribution >= 0.6 is 12.2 Å². The minimum Gasteiger partial charge on any atom is -0.492 e. The van der Waals surface area contributed by atoms with Crippen molar-refractivity contribution in [3.05, 3.63) is 59.7 Å². The van der Waals surface area contributed by atoms with Gasteiger partial charge in [0.05, 0.1) is 18.4 Å². The van der Waals surface area contributed by atoms with E-state index in [0.717, 1.165) is 44.0 Å². The van der Waals surface area contributed by atoms with Crippen LogP contribution in [0.15, 0.2) is 48.5 Å². The summed E-state index contributed by atoms with van der Waals surface area (Å²) in [6, 6.07) is 16.5. The molecule has 1 fully saturated rings. The number of ether oxygens (including phenoxy) is 2. The second kappa shape index (κ2) is 9.72. The fourth-order valence-electron chi connectivity index (χ4n) is 3.21. The smallest absolute Gasteiger partial charge is 0.173 e. The number of aryl methyl sites for hydroxylation is 1. The van der Waals surface area contributed by atoms with Crippen LogP contribution in [0, 0.1) is 6.92 Å². The standard InChI is InChI=1S/C22H28N2O2S/c1-3-25-21-9-5-4-8-20(21)23-22(27)24(16-19-7-6-14-26-19)15-18-12-10-17(2)11-13-18/h4-5,8-13,19H,3,6-7,14-16H2,1-2H3,(H,23,27). The largest absolute Gasteiger partial charge is 0.492 e. The highest BCUT2D eigenvalue weighted by molar-refractivity contribution is 7.80. The molecule has 3 rings (SSSR count). The van der Waals surface area contributed by atoms with E-state index >= 15 is 0 Å². The Kier molecular flexibility index (Phi) is 7.07. The van der Waals surface area contributed by atoms with Crippen LogP contribution < -0.4 is 10.1 Å². The van der Waals surface area contributed by atoms with E-state index in [0.29, 0.717) is 11.7 Å². The van der Waals surface area contributed by atoms with Crippen molar-refractivity contribution in [3.63, 3.8) is 0 Å². The second-order valence-corrected chi connectivity index (χ2v) is 7.25. The fraction of sp³-hybridized carbons (Fsp3) is 0.409. The third-order valence-corrected chi connectivity index (χ3v) is 5.02. The highest BCUT2D eigenvalue weighted by atomic mass is 32.1. The molecule has 2 aromatic carbocycles. The van der Waals surface area contributed by atoms with Crippen molar-refractivity contribution in [2.45, 2.75) is 39.3 Å². The molecule has 144 valence electrons. The molecule has 0 bridgehead atoms. The van der Waals surface area contributed by atoms with Gasteiger partial charge in [-0.25, -0.2) is 0 Å². The predicted octanol–water partition coefficient (Wildman–Crippen LogP) is 4.77. The van der Waals surface area contributed by atoms with E-state index in [1.165, 1.54) is 11.1 Å². The molecule has 0 amide bonds. The van der Waals surface area contributed by atoms with Crippen LogP contribution in [-0.4, -0.2) is 35.9 Å². The van der Waals surface area contributed by atoms with Gasteiger partial charge in [0.25, 0.3) is 0 Å². The van der Waals surface area contributed by atoms with Gasteiger partial charge in [0, 0.05) is 19.7 Å². The first-order valence-corrected chi connectivity index (χ1v) is 10.0. The molecule has 0 saturated carbocycles. The monoisotopic (exact) mass is 384 g/mol. The van der Waals surface area contributed by atoms with Gasteiger partial charge in [-0.15, -0.1) is 0 Å². The average Bonchev–Trinajstić information content (AvgIpc) is 3.18. The van der Waals surface area contributed by atoms with Crippen molar-refractivity contribution in [2.24, 2.45) is 0 Å². The van der Waals surface area contributed by atoms with Crippen LogP contribution in [0.25, 0.3) is 0 Å². The first-order chi connectivity index (χ1) is 13.2. The zero-order valence-electron chi connectivity index (χ0n) is 16.1. The molecule has 1 atom stereocenters. The molecule has 1 aliphatic rings. The van der Waals surface area contributed by atoms with E-state index in [9.17, 15) is 0 Å². The van der Waals surface area contributed by atoms with Crippen LogP contribution in [0.1, 0.15) is 30.9 Å². The maximum absolute atomic E-state index is 5.85. The van der Waals surface area contributed by atoms with Gasteiger partial charge in [-0.1, -0.05) is 42.0 Å². The minimum atomic E-state index is 0.234. The first kappa shape index (κ1) is 19.6. The molecule has 1 N–H and O–H groups in total. The Bertz CT molecular complexity index is 742. The molecule has 1 saturated heterocycles. The van der Waals surface area contributed by atoms with Crippen molar-refractivity contribution >= 4 is 23.0 Å². The topological polar surface area (TPSA) is 33.7 Å². The van der Waals surface area contributed by atoms with E-state index in [2.05, 4.69) is 41.4 Å². The van der Waals surface area contributed by atoms with E-state index in [4.69, 9.17) is 21.7 Å². The number of nitrogens with zero attached hydrogens (tertiary/aromatic N) is 1. The number of rotatable bonds is 7. The number of hydrogen-bond acceptors (Lipinski definition) is 3. The molecule has 27 heavy (non-hydrogen) atoms. The summed E-state index contributed by atoms with van der Waals surface area (Å²) in [5.41, 5.74) is 3.39. The maximum Gasteiger partial charge on any atom is 0.173 e. The Morgan fingerprint density at radius 1 is 1.22 bits per heavy atom. The number of anilines is 1. The van der Waals surface area contributed by atoms with E-state index in [1.54, 1.807) is 0 Å². The summed E-state index contributed by atoms with van der Waals surface area (Å²) in [5, 5.41) is 4.07. The van der Waals surface area contributed by atoms with Gasteiger partial charge >= 0.3 is 0 Å². The number of thiocarbonyl (C=S) groups is 1. The normalized spacial score (nSPS) is 16.1. The molecule has 0 radical (unpaired) electrons. The van der Waals surface area contributed by atoms with E-state index in [-0.39, 0.29) is 6.10 Å². The highest BCUT2D eigenvalue weighted by Gasteiger charge is 2.21. The molecule has 0 aliphatic carbocycles. The fourth-order valence-corrected chi connectivity index (χ4v) is 3.46. The maximum atomic E-state index is 5.85. The van der Waals surface area contributed by atoms with Gasteiger partial charge in [-0.3, -0.25) is 0 Å². The summed E-state index contributed by atoms with van der Waals surface area (Å²) in [6.07, 6.45) is 2.44. The Labute approximate surface area is 167 Å². The van der Waals surface area contributed by atoms with Crippen LogP contribution in [-0.2, 0) is 11.3 Å². The van der Waals surface area contributed by atoms with Gasteiger partial charge in [-0.2, -0.15) is 0 Å². The lowest BCUT2D eigenvalue weighted by Crippen LogP contribution is -2.39. The molecule has 5 heteroatoms. The molecule has 0 aromatic heterocycles. The van der Waals surface area contributed by atoms with Crippen molar-refractivity contribution in [2.75, 3.05) is 25.1 Å². The van der Waals surface area contributed by atoms with E-state index in [1.807, 2.05) is 31.2 Å². The number of para-hydroxylation sites is 2. The lowest BCUT2D eigenvalue weighted by molar-refractivity contribution is 0.0905. The van der Waals surface area contributed by atoms with Crippen LogP contribution in [0.2, 0.25) is 0 Å². The molecular weight excluding hydrogens is 356 g/mol. The lowest BCUT2D eigenvalue weighted by Gasteiger charge is -2.29. The van der Waals surface area contributed by atoms with Crippen molar-refractivity contribution in [3.8, 4) is 5.75 Å². The first-order valence-electron chi connectivity index (χ1n) is 9.60. The van der Waals surface area contributed by atoms with Gasteiger partial charge < -0.3 is 19.7 Å². The van der Waals surface area contributed by atoms with Crippen LogP contribution in [0.5, 0.6) is 5.75 Å². The summed E-state index contributed by atoms with van der Waals surface area (Å²) in [5.74, 6) is 0.815. The van der Waals surface area contributed by atoms with Gasteiger partial charge in [0.1, 0.15) is 5.75 Å². The van der Waals surface area contributed by atoms with Crippen LogP contribution in [0.3, 0.4) is 0 Å². The third-order valence-electron chi connectivity index (χ3n) is 4.66. The number of nitrogens with one attached hydrogen (secondary N) is 1. The number of benzene rings is 2. The molecule has 1 unspecified atom stereocenters. The van der Waals surface area contributed by atoms with Crippen molar-refractivity contribution < 1.29 is 9.47 Å². The number of hydrogen-bond donors (Lipinski definition) is 1. The van der Waals surface area contributed by atoms with Crippen molar-refractivity contribution in [1.82, 2.24) is 4.90 Å². The zero-order chi connectivity index (χ0) is 19.1. The third kappa shape index (κ3) is 5.68. The second-order valence-electron chi connectivity index (χ2n) is 6.86. The van der Waals surface area contributed by atoms with E-state index < -0.39 is 0 Å². The van der Waals surface area contributed by atoms with Gasteiger partial charge in [0.2, 0.25) is 0 Å². The van der Waals surface area contributed by atoms with Crippen molar-refractivity contribution in [1.29, 1.82) is 0 Å². The molecule has 0 spiro atoms. The summed E-state index contributed by atoms with van der Waals surface area (Å²) >= 11 is 5.76. The van der Waals surface area contributed by atoms with Crippen LogP contribution in [0.4, 0.5) is 5.69 Å². The zero-order valence-corrected chi connectivity index (χ0v) is 16.9. The summed E-state index contributed by atoms with van der Waals surface area (Å²) in [7, 11) is 0. The SMILES string of the molecule is CCOc1ccccc1NC(=S)N(Cc1ccc(C)cc1)CC1CCCO1. The summed E-state index contributed by atoms with van der Waals surface area (Å²) in [4.78, 5) is 2.19. The Balaban J connectivity index is 1.74. The Morgan fingerprint density at radius 3 is 2.70 bits per heavy atom. The molecule has 1 heterocycles. The summed E-state index contributed by atoms with van der Waals surface area (Å²) in [6.45, 7) is 7.09. The predicted molar refractivity (Wildman–Crippen MR) is 114 cm³/mol. The Morgan fingerprint density at radius 2 is 2.00 bits per heavy atom. The highest BCUT2D eigenvalue weighted by Crippen LogP contribution is 2.25. The molecule has 1 aliphatic heterocycles. The van der Waals surface area contributed by atoms with Gasteiger partial charge in [0.15, 0.2) is 5.11 Å². The van der Waals surface area contributed by atoms with Gasteiger partial charge in [-0.05, 0) is 56.6 Å². The Hall–Kier alpha value is -2.11. The minimum absolute atomic E-state index is 0.234. The molecule has 2 aromatic rings. The lowest BCUT2D eigenvalue weighted by atomic mass is 10.1. The average molecular weight is 385 g/mol. The summed E-state index contributed by atoms with van der Waals surface area (Å²) < 4.78 is 11.6. The molecule has 4 nitrogen and oxygen atoms in total.